The van der Waals surface area contributed by atoms with Crippen molar-refractivity contribution < 1.29 is 9.59 Å². The molecule has 0 fully saturated rings. The molecule has 3 nitrogen and oxygen atoms in total. The molecule has 1 unspecified atom stereocenters. The van der Waals surface area contributed by atoms with Crippen molar-refractivity contribution in [3.05, 3.63) is 0 Å². The standard InChI is InChI=1S/C13H25NO2S/c1-6-11(7-2)17-12(8-9-15)13(16)14(5)10(3)4/h9-12H,6-8H2,1-5H3. The van der Waals surface area contributed by atoms with Crippen molar-refractivity contribution in [1.82, 2.24) is 4.90 Å². The predicted octanol–water partition coefficient (Wildman–Crippen LogP) is 2.73. The van der Waals surface area contributed by atoms with Crippen LogP contribution in [0.2, 0.25) is 0 Å². The van der Waals surface area contributed by atoms with Gasteiger partial charge >= 0.3 is 0 Å². The average Bonchev–Trinajstić information content (AvgIpc) is 2.32. The molecule has 4 heteroatoms. The van der Waals surface area contributed by atoms with Crippen molar-refractivity contribution in [3.8, 4) is 0 Å². The number of amides is 1. The summed E-state index contributed by atoms with van der Waals surface area (Å²) in [5, 5.41) is 0.245. The monoisotopic (exact) mass is 259 g/mol. The van der Waals surface area contributed by atoms with E-state index in [2.05, 4.69) is 13.8 Å². The van der Waals surface area contributed by atoms with Gasteiger partial charge in [-0.15, -0.1) is 11.8 Å². The number of hydrogen-bond acceptors (Lipinski definition) is 3. The van der Waals surface area contributed by atoms with Crippen molar-refractivity contribution in [3.63, 3.8) is 0 Å². The van der Waals surface area contributed by atoms with E-state index < -0.39 is 0 Å². The lowest BCUT2D eigenvalue weighted by Crippen LogP contribution is -2.40. The van der Waals surface area contributed by atoms with Crippen LogP contribution < -0.4 is 0 Å². The molecule has 0 radical (unpaired) electrons. The van der Waals surface area contributed by atoms with Crippen LogP contribution >= 0.6 is 11.8 Å². The molecular formula is C13H25NO2S. The van der Waals surface area contributed by atoms with Gasteiger partial charge in [-0.2, -0.15) is 0 Å². The minimum absolute atomic E-state index is 0.0731. The van der Waals surface area contributed by atoms with E-state index in [0.717, 1.165) is 19.1 Å². The molecule has 100 valence electrons. The van der Waals surface area contributed by atoms with Gasteiger partial charge in [-0.3, -0.25) is 4.79 Å². The Morgan fingerprint density at radius 3 is 2.18 bits per heavy atom. The maximum absolute atomic E-state index is 12.2. The second kappa shape index (κ2) is 8.56. The summed E-state index contributed by atoms with van der Waals surface area (Å²) >= 11 is 1.65. The van der Waals surface area contributed by atoms with E-state index in [1.165, 1.54) is 0 Å². The SMILES string of the molecule is CCC(CC)SC(CC=O)C(=O)N(C)C(C)C. The van der Waals surface area contributed by atoms with Crippen LogP contribution in [0.1, 0.15) is 47.0 Å². The number of aldehydes is 1. The third-order valence-corrected chi connectivity index (χ3v) is 4.75. The van der Waals surface area contributed by atoms with Gasteiger partial charge in [0.1, 0.15) is 6.29 Å². The highest BCUT2D eigenvalue weighted by Crippen LogP contribution is 2.26. The third kappa shape index (κ3) is 5.57. The molecule has 0 aromatic heterocycles. The van der Waals surface area contributed by atoms with Crippen LogP contribution in [0.25, 0.3) is 0 Å². The molecule has 0 rings (SSSR count). The Labute approximate surface area is 109 Å². The fourth-order valence-electron chi connectivity index (χ4n) is 1.50. The maximum atomic E-state index is 12.2. The average molecular weight is 259 g/mol. The van der Waals surface area contributed by atoms with Gasteiger partial charge in [0.15, 0.2) is 0 Å². The first-order chi connectivity index (χ1) is 7.97. The fraction of sp³-hybridized carbons (Fsp3) is 0.846. The highest BCUT2D eigenvalue weighted by atomic mass is 32.2. The van der Waals surface area contributed by atoms with Gasteiger partial charge in [0.25, 0.3) is 0 Å². The largest absolute Gasteiger partial charge is 0.342 e. The Hall–Kier alpha value is -0.510. The molecule has 0 aromatic carbocycles. The lowest BCUT2D eigenvalue weighted by Gasteiger charge is -2.27. The summed E-state index contributed by atoms with van der Waals surface area (Å²) in [6.07, 6.45) is 3.24. The van der Waals surface area contributed by atoms with Crippen molar-refractivity contribution in [2.45, 2.75) is 63.5 Å². The highest BCUT2D eigenvalue weighted by Gasteiger charge is 2.25. The molecule has 1 amide bonds. The normalized spacial score (nSPS) is 12.9. The van der Waals surface area contributed by atoms with Gasteiger partial charge in [-0.25, -0.2) is 0 Å². The summed E-state index contributed by atoms with van der Waals surface area (Å²) in [6.45, 7) is 8.21. The van der Waals surface area contributed by atoms with Crippen LogP contribution in [0.15, 0.2) is 0 Å². The third-order valence-electron chi connectivity index (χ3n) is 2.98. The summed E-state index contributed by atoms with van der Waals surface area (Å²) in [4.78, 5) is 24.6. The molecule has 1 atom stereocenters. The van der Waals surface area contributed by atoms with E-state index in [9.17, 15) is 9.59 Å². The Morgan fingerprint density at radius 2 is 1.82 bits per heavy atom. The number of rotatable bonds is 8. The highest BCUT2D eigenvalue weighted by molar-refractivity contribution is 8.01. The number of carbonyl (C=O) groups is 2. The van der Waals surface area contributed by atoms with Crippen LogP contribution in [0.5, 0.6) is 0 Å². The zero-order chi connectivity index (χ0) is 13.4. The molecule has 0 heterocycles. The molecule has 0 aliphatic heterocycles. The molecule has 0 saturated carbocycles. The second-order valence-electron chi connectivity index (χ2n) is 4.51. The van der Waals surface area contributed by atoms with Crippen molar-refractivity contribution in [2.75, 3.05) is 7.05 Å². The van der Waals surface area contributed by atoms with E-state index >= 15 is 0 Å². The summed E-state index contributed by atoms with van der Waals surface area (Å²) in [7, 11) is 1.80. The van der Waals surface area contributed by atoms with E-state index in [-0.39, 0.29) is 17.2 Å². The molecular weight excluding hydrogens is 234 g/mol. The summed E-state index contributed by atoms with van der Waals surface area (Å²) in [5.74, 6) is 0.0731. The molecule has 0 spiro atoms. The van der Waals surface area contributed by atoms with E-state index in [1.54, 1.807) is 23.7 Å². The Kier molecular flexibility index (Phi) is 8.30. The predicted molar refractivity (Wildman–Crippen MR) is 74.3 cm³/mol. The molecule has 0 aliphatic carbocycles. The van der Waals surface area contributed by atoms with Crippen molar-refractivity contribution in [2.24, 2.45) is 0 Å². The van der Waals surface area contributed by atoms with Crippen molar-refractivity contribution in [1.29, 1.82) is 0 Å². The Morgan fingerprint density at radius 1 is 1.29 bits per heavy atom. The lowest BCUT2D eigenvalue weighted by molar-refractivity contribution is -0.131. The van der Waals surface area contributed by atoms with E-state index in [4.69, 9.17) is 0 Å². The molecule has 17 heavy (non-hydrogen) atoms. The number of hydrogen-bond donors (Lipinski definition) is 0. The second-order valence-corrected chi connectivity index (χ2v) is 6.02. The first kappa shape index (κ1) is 16.5. The minimum Gasteiger partial charge on any atom is -0.342 e. The van der Waals surface area contributed by atoms with Crippen molar-refractivity contribution >= 4 is 24.0 Å². The maximum Gasteiger partial charge on any atom is 0.236 e. The smallest absolute Gasteiger partial charge is 0.236 e. The first-order valence-corrected chi connectivity index (χ1v) is 7.27. The minimum atomic E-state index is -0.218. The quantitative estimate of drug-likeness (QED) is 0.629. The zero-order valence-corrected chi connectivity index (χ0v) is 12.4. The van der Waals surface area contributed by atoms with Crippen LogP contribution in [0.4, 0.5) is 0 Å². The summed E-state index contributed by atoms with van der Waals surface area (Å²) in [5.41, 5.74) is 0. The van der Waals surface area contributed by atoms with Gasteiger partial charge in [0.2, 0.25) is 5.91 Å². The van der Waals surface area contributed by atoms with Crippen LogP contribution in [-0.4, -0.2) is 40.7 Å². The molecule has 0 aliphatic rings. The van der Waals surface area contributed by atoms with Gasteiger partial charge in [0, 0.05) is 24.8 Å². The number of thioether (sulfide) groups is 1. The molecule has 0 aromatic rings. The van der Waals surface area contributed by atoms with E-state index in [1.807, 2.05) is 13.8 Å². The first-order valence-electron chi connectivity index (χ1n) is 6.33. The van der Waals surface area contributed by atoms with Gasteiger partial charge in [0.05, 0.1) is 5.25 Å². The van der Waals surface area contributed by atoms with Crippen LogP contribution in [0, 0.1) is 0 Å². The topological polar surface area (TPSA) is 37.4 Å². The van der Waals surface area contributed by atoms with Gasteiger partial charge < -0.3 is 9.69 Å². The fourth-order valence-corrected chi connectivity index (χ4v) is 2.82. The van der Waals surface area contributed by atoms with Crippen LogP contribution in [0.3, 0.4) is 0 Å². The van der Waals surface area contributed by atoms with Gasteiger partial charge in [-0.1, -0.05) is 13.8 Å². The molecule has 0 bridgehead atoms. The Bertz CT molecular complexity index is 240. The van der Waals surface area contributed by atoms with Gasteiger partial charge in [-0.05, 0) is 26.7 Å². The lowest BCUT2D eigenvalue weighted by atomic mass is 10.2. The van der Waals surface area contributed by atoms with Crippen LogP contribution in [-0.2, 0) is 9.59 Å². The zero-order valence-electron chi connectivity index (χ0n) is 11.6. The number of nitrogens with zero attached hydrogens (tertiary/aromatic N) is 1. The van der Waals surface area contributed by atoms with E-state index in [0.29, 0.717) is 11.7 Å². The number of carbonyl (C=O) groups excluding carboxylic acids is 2. The summed E-state index contributed by atoms with van der Waals surface area (Å²) < 4.78 is 0. The molecule has 0 saturated heterocycles. The Balaban J connectivity index is 4.60. The molecule has 0 N–H and O–H groups in total. The summed E-state index contributed by atoms with van der Waals surface area (Å²) in [6, 6.07) is 0.180.